The van der Waals surface area contributed by atoms with Crippen LogP contribution < -0.4 is 10.1 Å². The van der Waals surface area contributed by atoms with Crippen molar-refractivity contribution < 1.29 is 18.8 Å². The van der Waals surface area contributed by atoms with Crippen molar-refractivity contribution >= 4 is 16.7 Å². The van der Waals surface area contributed by atoms with Gasteiger partial charge < -0.3 is 15.2 Å². The first-order valence-electron chi connectivity index (χ1n) is 10.7. The Morgan fingerprint density at radius 1 is 1.06 bits per heavy atom. The van der Waals surface area contributed by atoms with Crippen molar-refractivity contribution in [1.29, 1.82) is 0 Å². The van der Waals surface area contributed by atoms with Gasteiger partial charge in [0.05, 0.1) is 6.61 Å². The number of rotatable bonds is 10. The van der Waals surface area contributed by atoms with E-state index in [-0.39, 0.29) is 25.0 Å². The van der Waals surface area contributed by atoms with Gasteiger partial charge in [-0.05, 0) is 47.9 Å². The molecule has 0 aliphatic heterocycles. The molecule has 0 saturated heterocycles. The predicted molar refractivity (Wildman–Crippen MR) is 128 cm³/mol. The summed E-state index contributed by atoms with van der Waals surface area (Å²) < 4.78 is 18.4. The van der Waals surface area contributed by atoms with Crippen LogP contribution in [0.5, 0.6) is 5.75 Å². The standard InChI is InChI=1S/C26H29NO4S/c1-3-23(20-10-7-11-21(16-20)26(29)27-14-15-28)24-17-22(32(2)30)12-13-25(24)31-18-19-8-5-4-6-9-19/h4-13,16-17,23,28H,3,14-15,18H2,1-2H3,(H,27,29). The average molecular weight is 452 g/mol. The molecule has 1 amide bonds. The number of aliphatic hydroxyl groups is 1. The maximum atomic E-state index is 12.4. The quantitative estimate of drug-likeness (QED) is 0.483. The summed E-state index contributed by atoms with van der Waals surface area (Å²) in [6, 6.07) is 23.1. The Kier molecular flexibility index (Phi) is 8.59. The summed E-state index contributed by atoms with van der Waals surface area (Å²) >= 11 is 0. The van der Waals surface area contributed by atoms with Crippen molar-refractivity contribution in [3.05, 3.63) is 95.1 Å². The third kappa shape index (κ3) is 6.05. The molecule has 0 aliphatic carbocycles. The number of ether oxygens (including phenoxy) is 1. The highest BCUT2D eigenvalue weighted by atomic mass is 32.2. The Morgan fingerprint density at radius 3 is 2.53 bits per heavy atom. The zero-order chi connectivity index (χ0) is 22.9. The molecule has 0 saturated carbocycles. The average Bonchev–Trinajstić information content (AvgIpc) is 2.83. The molecule has 3 rings (SSSR count). The molecule has 3 aromatic carbocycles. The first-order valence-corrected chi connectivity index (χ1v) is 12.2. The van der Waals surface area contributed by atoms with Gasteiger partial charge in [-0.1, -0.05) is 49.4 Å². The largest absolute Gasteiger partial charge is 0.489 e. The van der Waals surface area contributed by atoms with E-state index >= 15 is 0 Å². The molecule has 5 nitrogen and oxygen atoms in total. The van der Waals surface area contributed by atoms with Gasteiger partial charge in [-0.15, -0.1) is 0 Å². The van der Waals surface area contributed by atoms with Crippen LogP contribution in [0.3, 0.4) is 0 Å². The van der Waals surface area contributed by atoms with Gasteiger partial charge in [-0.25, -0.2) is 0 Å². The molecule has 6 heteroatoms. The van der Waals surface area contributed by atoms with Gasteiger partial charge >= 0.3 is 0 Å². The van der Waals surface area contributed by atoms with Crippen molar-refractivity contribution in [1.82, 2.24) is 5.32 Å². The molecule has 0 bridgehead atoms. The van der Waals surface area contributed by atoms with Crippen LogP contribution in [-0.2, 0) is 17.4 Å². The molecule has 0 spiro atoms. The molecule has 168 valence electrons. The monoisotopic (exact) mass is 451 g/mol. The minimum absolute atomic E-state index is 0.0325. The summed E-state index contributed by atoms with van der Waals surface area (Å²) in [6.07, 6.45) is 2.44. The number of carbonyl (C=O) groups excluding carboxylic acids is 1. The third-order valence-electron chi connectivity index (χ3n) is 5.28. The van der Waals surface area contributed by atoms with Crippen LogP contribution in [0, 0.1) is 0 Å². The van der Waals surface area contributed by atoms with E-state index in [9.17, 15) is 9.00 Å². The minimum Gasteiger partial charge on any atom is -0.489 e. The second-order valence-corrected chi connectivity index (χ2v) is 8.87. The number of nitrogens with one attached hydrogen (secondary N) is 1. The van der Waals surface area contributed by atoms with E-state index in [1.165, 1.54) is 0 Å². The maximum absolute atomic E-state index is 12.4. The van der Waals surface area contributed by atoms with Crippen LogP contribution in [0.25, 0.3) is 0 Å². The van der Waals surface area contributed by atoms with Crippen molar-refractivity contribution in [2.24, 2.45) is 0 Å². The molecule has 0 radical (unpaired) electrons. The van der Waals surface area contributed by atoms with E-state index in [1.54, 1.807) is 12.3 Å². The fourth-order valence-corrected chi connectivity index (χ4v) is 4.20. The molecule has 2 atom stereocenters. The summed E-state index contributed by atoms with van der Waals surface area (Å²) in [5, 5.41) is 11.7. The third-order valence-corrected chi connectivity index (χ3v) is 6.20. The summed E-state index contributed by atoms with van der Waals surface area (Å²) in [5.41, 5.74) is 3.53. The van der Waals surface area contributed by atoms with Crippen molar-refractivity contribution in [3.8, 4) is 5.75 Å². The van der Waals surface area contributed by atoms with Gasteiger partial charge in [0.2, 0.25) is 0 Å². The lowest BCUT2D eigenvalue weighted by molar-refractivity contribution is 0.0944. The fraction of sp³-hybridized carbons (Fsp3) is 0.269. The SMILES string of the molecule is CCC(c1cccc(C(=O)NCCO)c1)c1cc(S(C)=O)ccc1OCc1ccccc1. The highest BCUT2D eigenvalue weighted by molar-refractivity contribution is 7.84. The molecule has 0 fully saturated rings. The summed E-state index contributed by atoms with van der Waals surface area (Å²) in [6.45, 7) is 2.62. The highest BCUT2D eigenvalue weighted by Gasteiger charge is 2.20. The Morgan fingerprint density at radius 2 is 1.84 bits per heavy atom. The van der Waals surface area contributed by atoms with E-state index in [2.05, 4.69) is 12.2 Å². The molecule has 0 aromatic heterocycles. The van der Waals surface area contributed by atoms with E-state index < -0.39 is 10.8 Å². The summed E-state index contributed by atoms with van der Waals surface area (Å²) in [5.74, 6) is 0.486. The lowest BCUT2D eigenvalue weighted by atomic mass is 9.87. The van der Waals surface area contributed by atoms with Gasteiger partial charge in [0.15, 0.2) is 0 Å². The Labute approximate surface area is 191 Å². The Balaban J connectivity index is 1.96. The lowest BCUT2D eigenvalue weighted by Gasteiger charge is -2.21. The van der Waals surface area contributed by atoms with Gasteiger partial charge in [-0.3, -0.25) is 9.00 Å². The predicted octanol–water partition coefficient (Wildman–Crippen LogP) is 4.27. The van der Waals surface area contributed by atoms with E-state index in [4.69, 9.17) is 9.84 Å². The topological polar surface area (TPSA) is 75.6 Å². The van der Waals surface area contributed by atoms with Gasteiger partial charge in [0.25, 0.3) is 5.91 Å². The normalized spacial score (nSPS) is 12.7. The summed E-state index contributed by atoms with van der Waals surface area (Å²) in [4.78, 5) is 13.1. The molecular weight excluding hydrogens is 422 g/mol. The second kappa shape index (κ2) is 11.6. The highest BCUT2D eigenvalue weighted by Crippen LogP contribution is 2.36. The molecule has 3 aromatic rings. The van der Waals surface area contributed by atoms with Crippen LogP contribution in [-0.4, -0.2) is 34.6 Å². The molecule has 0 heterocycles. The second-order valence-electron chi connectivity index (χ2n) is 7.49. The van der Waals surface area contributed by atoms with Crippen LogP contribution in [0.1, 0.15) is 46.3 Å². The van der Waals surface area contributed by atoms with Gasteiger partial charge in [0, 0.05) is 45.5 Å². The molecular formula is C26H29NO4S. The number of aliphatic hydroxyl groups excluding tert-OH is 1. The number of hydrogen-bond donors (Lipinski definition) is 2. The number of carbonyl (C=O) groups is 1. The van der Waals surface area contributed by atoms with E-state index in [1.807, 2.05) is 66.7 Å². The van der Waals surface area contributed by atoms with E-state index in [0.717, 1.165) is 33.8 Å². The zero-order valence-electron chi connectivity index (χ0n) is 18.4. The molecule has 32 heavy (non-hydrogen) atoms. The van der Waals surface area contributed by atoms with Crippen molar-refractivity contribution in [3.63, 3.8) is 0 Å². The van der Waals surface area contributed by atoms with Crippen LogP contribution in [0.4, 0.5) is 0 Å². The fourth-order valence-electron chi connectivity index (χ4n) is 3.65. The molecule has 2 N–H and O–H groups in total. The first-order chi connectivity index (χ1) is 15.5. The zero-order valence-corrected chi connectivity index (χ0v) is 19.2. The van der Waals surface area contributed by atoms with Crippen LogP contribution >= 0.6 is 0 Å². The maximum Gasteiger partial charge on any atom is 0.251 e. The van der Waals surface area contributed by atoms with Crippen LogP contribution in [0.15, 0.2) is 77.7 Å². The van der Waals surface area contributed by atoms with Gasteiger partial charge in [-0.2, -0.15) is 0 Å². The number of benzene rings is 3. The van der Waals surface area contributed by atoms with Crippen molar-refractivity contribution in [2.45, 2.75) is 30.8 Å². The van der Waals surface area contributed by atoms with E-state index in [0.29, 0.717) is 12.2 Å². The van der Waals surface area contributed by atoms with Gasteiger partial charge in [0.1, 0.15) is 12.4 Å². The lowest BCUT2D eigenvalue weighted by Crippen LogP contribution is -2.26. The Bertz CT molecular complexity index is 1070. The van der Waals surface area contributed by atoms with Crippen molar-refractivity contribution in [2.75, 3.05) is 19.4 Å². The Hall–Kier alpha value is -2.96. The molecule has 0 aliphatic rings. The molecule has 2 unspecified atom stereocenters. The smallest absolute Gasteiger partial charge is 0.251 e. The number of amides is 1. The van der Waals surface area contributed by atoms with Crippen LogP contribution in [0.2, 0.25) is 0 Å². The number of hydrogen-bond acceptors (Lipinski definition) is 4. The first kappa shape index (κ1) is 23.7. The minimum atomic E-state index is -1.12. The summed E-state index contributed by atoms with van der Waals surface area (Å²) in [7, 11) is -1.12.